The Morgan fingerprint density at radius 3 is 2.29 bits per heavy atom. The summed E-state index contributed by atoms with van der Waals surface area (Å²) in [5.74, 6) is -0.140. The van der Waals surface area contributed by atoms with Gasteiger partial charge in [0.15, 0.2) is 0 Å². The molecule has 3 rings (SSSR count). The van der Waals surface area contributed by atoms with Gasteiger partial charge in [0.25, 0.3) is 5.91 Å². The first-order valence-corrected chi connectivity index (χ1v) is 8.92. The molecule has 0 radical (unpaired) electrons. The van der Waals surface area contributed by atoms with Crippen LogP contribution >= 0.6 is 0 Å². The Bertz CT molecular complexity index is 986. The molecule has 0 spiro atoms. The van der Waals surface area contributed by atoms with E-state index in [1.54, 1.807) is 36.5 Å². The number of nitrogens with one attached hydrogen (secondary N) is 3. The van der Waals surface area contributed by atoms with E-state index in [0.29, 0.717) is 17.3 Å². The van der Waals surface area contributed by atoms with Crippen molar-refractivity contribution in [1.29, 1.82) is 0 Å². The summed E-state index contributed by atoms with van der Waals surface area (Å²) in [6, 6.07) is 16.3. The van der Waals surface area contributed by atoms with Gasteiger partial charge >= 0.3 is 0 Å². The van der Waals surface area contributed by atoms with E-state index < -0.39 is 0 Å². The SMILES string of the molecule is CCc1ccccc1Nc1nccc(C(=O)Nc2ccc(NC(C)=O)cc2)n1. The van der Waals surface area contributed by atoms with Crippen molar-refractivity contribution >= 4 is 34.8 Å². The van der Waals surface area contributed by atoms with Crippen LogP contribution in [0.5, 0.6) is 0 Å². The maximum Gasteiger partial charge on any atom is 0.274 e. The van der Waals surface area contributed by atoms with E-state index in [9.17, 15) is 9.59 Å². The van der Waals surface area contributed by atoms with Gasteiger partial charge in [-0.15, -0.1) is 0 Å². The number of hydrogen-bond acceptors (Lipinski definition) is 5. The van der Waals surface area contributed by atoms with Crippen LogP contribution in [0, 0.1) is 0 Å². The zero-order chi connectivity index (χ0) is 19.9. The molecule has 0 unspecified atom stereocenters. The molecule has 0 aliphatic rings. The molecule has 0 atom stereocenters. The summed E-state index contributed by atoms with van der Waals surface area (Å²) in [4.78, 5) is 32.1. The molecule has 3 aromatic rings. The predicted molar refractivity (Wildman–Crippen MR) is 110 cm³/mol. The minimum absolute atomic E-state index is 0.151. The van der Waals surface area contributed by atoms with Crippen molar-refractivity contribution in [3.8, 4) is 0 Å². The Kier molecular flexibility index (Phi) is 5.96. The first kappa shape index (κ1) is 19.0. The topological polar surface area (TPSA) is 96.0 Å². The number of aryl methyl sites for hydroxylation is 1. The largest absolute Gasteiger partial charge is 0.326 e. The maximum absolute atomic E-state index is 12.5. The van der Waals surface area contributed by atoms with Gasteiger partial charge in [0.2, 0.25) is 11.9 Å². The second-order valence-electron chi connectivity index (χ2n) is 6.11. The van der Waals surface area contributed by atoms with E-state index in [2.05, 4.69) is 32.8 Å². The van der Waals surface area contributed by atoms with E-state index in [0.717, 1.165) is 17.7 Å². The van der Waals surface area contributed by atoms with Gasteiger partial charge in [0.05, 0.1) is 0 Å². The molecule has 1 aromatic heterocycles. The lowest BCUT2D eigenvalue weighted by molar-refractivity contribution is -0.114. The van der Waals surface area contributed by atoms with Gasteiger partial charge in [0.1, 0.15) is 5.69 Å². The molecule has 7 heteroatoms. The quantitative estimate of drug-likeness (QED) is 0.605. The Balaban J connectivity index is 1.71. The van der Waals surface area contributed by atoms with E-state index in [1.807, 2.05) is 24.3 Å². The van der Waals surface area contributed by atoms with E-state index >= 15 is 0 Å². The molecule has 142 valence electrons. The fourth-order valence-corrected chi connectivity index (χ4v) is 2.65. The smallest absolute Gasteiger partial charge is 0.274 e. The predicted octanol–water partition coefficient (Wildman–Crippen LogP) is 3.99. The zero-order valence-corrected chi connectivity index (χ0v) is 15.7. The van der Waals surface area contributed by atoms with Gasteiger partial charge in [-0.25, -0.2) is 9.97 Å². The van der Waals surface area contributed by atoms with Gasteiger partial charge in [-0.05, 0) is 48.4 Å². The molecule has 2 amide bonds. The summed E-state index contributed by atoms with van der Waals surface area (Å²) in [5, 5.41) is 8.62. The minimum Gasteiger partial charge on any atom is -0.326 e. The Morgan fingerprint density at radius 2 is 1.61 bits per heavy atom. The van der Waals surface area contributed by atoms with Crippen molar-refractivity contribution in [3.05, 3.63) is 72.1 Å². The van der Waals surface area contributed by atoms with Crippen molar-refractivity contribution in [3.63, 3.8) is 0 Å². The molecule has 7 nitrogen and oxygen atoms in total. The number of carbonyl (C=O) groups is 2. The molecule has 0 saturated carbocycles. The Labute approximate surface area is 163 Å². The zero-order valence-electron chi connectivity index (χ0n) is 15.7. The number of carbonyl (C=O) groups excluding carboxylic acids is 2. The van der Waals surface area contributed by atoms with E-state index in [1.165, 1.54) is 6.92 Å². The summed E-state index contributed by atoms with van der Waals surface area (Å²) < 4.78 is 0. The number of benzene rings is 2. The first-order valence-electron chi connectivity index (χ1n) is 8.92. The van der Waals surface area contributed by atoms with Gasteiger partial charge in [-0.2, -0.15) is 0 Å². The molecule has 0 aliphatic carbocycles. The van der Waals surface area contributed by atoms with Crippen LogP contribution in [-0.4, -0.2) is 21.8 Å². The minimum atomic E-state index is -0.346. The third-order valence-electron chi connectivity index (χ3n) is 4.00. The summed E-state index contributed by atoms with van der Waals surface area (Å²) in [7, 11) is 0. The molecule has 0 aliphatic heterocycles. The van der Waals surface area contributed by atoms with Crippen molar-refractivity contribution in [1.82, 2.24) is 9.97 Å². The third-order valence-corrected chi connectivity index (χ3v) is 4.00. The highest BCUT2D eigenvalue weighted by Gasteiger charge is 2.10. The first-order chi connectivity index (χ1) is 13.5. The number of para-hydroxylation sites is 1. The van der Waals surface area contributed by atoms with Crippen LogP contribution < -0.4 is 16.0 Å². The summed E-state index contributed by atoms with van der Waals surface area (Å²) in [5.41, 5.74) is 3.56. The number of nitrogens with zero attached hydrogens (tertiary/aromatic N) is 2. The lowest BCUT2D eigenvalue weighted by Gasteiger charge is -2.10. The second-order valence-corrected chi connectivity index (χ2v) is 6.11. The highest BCUT2D eigenvalue weighted by atomic mass is 16.2. The lowest BCUT2D eigenvalue weighted by atomic mass is 10.1. The second kappa shape index (κ2) is 8.77. The molecule has 0 saturated heterocycles. The van der Waals surface area contributed by atoms with Crippen LogP contribution in [0.3, 0.4) is 0 Å². The number of hydrogen-bond donors (Lipinski definition) is 3. The molecule has 0 fully saturated rings. The van der Waals surface area contributed by atoms with E-state index in [-0.39, 0.29) is 17.5 Å². The Morgan fingerprint density at radius 1 is 0.929 bits per heavy atom. The molecular formula is C21H21N5O2. The highest BCUT2D eigenvalue weighted by Crippen LogP contribution is 2.19. The van der Waals surface area contributed by atoms with Crippen LogP contribution in [0.1, 0.15) is 29.9 Å². The standard InChI is InChI=1S/C21H21N5O2/c1-3-15-6-4-5-7-18(15)25-21-22-13-12-19(26-21)20(28)24-17-10-8-16(9-11-17)23-14(2)27/h4-13H,3H2,1-2H3,(H,23,27)(H,24,28)(H,22,25,26). The maximum atomic E-state index is 12.5. The normalized spacial score (nSPS) is 10.2. The molecule has 28 heavy (non-hydrogen) atoms. The molecule has 3 N–H and O–H groups in total. The molecule has 0 bridgehead atoms. The van der Waals surface area contributed by atoms with Crippen molar-refractivity contribution in [2.75, 3.05) is 16.0 Å². The van der Waals surface area contributed by atoms with Crippen LogP contribution in [0.4, 0.5) is 23.0 Å². The number of rotatable bonds is 6. The number of aromatic nitrogens is 2. The highest BCUT2D eigenvalue weighted by molar-refractivity contribution is 6.03. The monoisotopic (exact) mass is 375 g/mol. The summed E-state index contributed by atoms with van der Waals surface area (Å²) in [6.07, 6.45) is 2.41. The van der Waals surface area contributed by atoms with Crippen LogP contribution in [0.25, 0.3) is 0 Å². The summed E-state index contributed by atoms with van der Waals surface area (Å²) >= 11 is 0. The Hall–Kier alpha value is -3.74. The fraction of sp³-hybridized carbons (Fsp3) is 0.143. The average molecular weight is 375 g/mol. The summed E-state index contributed by atoms with van der Waals surface area (Å²) in [6.45, 7) is 3.51. The molecular weight excluding hydrogens is 354 g/mol. The van der Waals surface area contributed by atoms with Gasteiger partial charge in [-0.3, -0.25) is 9.59 Å². The number of amides is 2. The van der Waals surface area contributed by atoms with Crippen LogP contribution in [-0.2, 0) is 11.2 Å². The van der Waals surface area contributed by atoms with Crippen LogP contribution in [0.15, 0.2) is 60.8 Å². The fourth-order valence-electron chi connectivity index (χ4n) is 2.65. The van der Waals surface area contributed by atoms with Crippen LogP contribution in [0.2, 0.25) is 0 Å². The lowest BCUT2D eigenvalue weighted by Crippen LogP contribution is -2.15. The average Bonchev–Trinajstić information content (AvgIpc) is 2.70. The van der Waals surface area contributed by atoms with Gasteiger partial charge < -0.3 is 16.0 Å². The van der Waals surface area contributed by atoms with Crippen molar-refractivity contribution in [2.45, 2.75) is 20.3 Å². The molecule has 1 heterocycles. The van der Waals surface area contributed by atoms with E-state index in [4.69, 9.17) is 0 Å². The van der Waals surface area contributed by atoms with Gasteiger partial charge in [-0.1, -0.05) is 25.1 Å². The third kappa shape index (κ3) is 4.91. The van der Waals surface area contributed by atoms with Crippen molar-refractivity contribution in [2.24, 2.45) is 0 Å². The number of anilines is 4. The van der Waals surface area contributed by atoms with Gasteiger partial charge in [0, 0.05) is 30.2 Å². The molecule has 2 aromatic carbocycles. The van der Waals surface area contributed by atoms with Crippen molar-refractivity contribution < 1.29 is 9.59 Å².